The second kappa shape index (κ2) is 5.22. The van der Waals surface area contributed by atoms with Gasteiger partial charge in [0.1, 0.15) is 0 Å². The molecule has 0 unspecified atom stereocenters. The number of benzene rings is 1. The van der Waals surface area contributed by atoms with E-state index >= 15 is 0 Å². The summed E-state index contributed by atoms with van der Waals surface area (Å²) in [5.74, 6) is 0.0729. The van der Waals surface area contributed by atoms with Crippen LogP contribution in [0.15, 0.2) is 24.3 Å². The first-order chi connectivity index (χ1) is 6.97. The number of aryl methyl sites for hydroxylation is 1. The van der Waals surface area contributed by atoms with Crippen molar-refractivity contribution in [2.75, 3.05) is 0 Å². The van der Waals surface area contributed by atoms with Crippen molar-refractivity contribution in [3.8, 4) is 0 Å². The number of hydrogen-bond donors (Lipinski definition) is 0. The molecular weight excluding hydrogens is 243 g/mol. The van der Waals surface area contributed by atoms with Crippen molar-refractivity contribution in [3.63, 3.8) is 0 Å². The summed E-state index contributed by atoms with van der Waals surface area (Å²) in [5, 5.41) is 0. The van der Waals surface area contributed by atoms with Crippen molar-refractivity contribution in [2.24, 2.45) is 7.05 Å². The zero-order valence-electron chi connectivity index (χ0n) is 9.12. The summed E-state index contributed by atoms with van der Waals surface area (Å²) in [4.78, 5) is 3.96. The van der Waals surface area contributed by atoms with Crippen molar-refractivity contribution in [1.82, 2.24) is 9.55 Å². The Hall–Kier alpha value is 0.181. The van der Waals surface area contributed by atoms with Gasteiger partial charge in [0.2, 0.25) is 0 Å². The second-order valence-electron chi connectivity index (χ2n) is 3.49. The predicted octanol–water partition coefficient (Wildman–Crippen LogP) is -0.494. The van der Waals surface area contributed by atoms with Gasteiger partial charge < -0.3 is 17.5 Å². The third kappa shape index (κ3) is 3.10. The molecule has 0 bridgehead atoms. The van der Waals surface area contributed by atoms with Crippen molar-refractivity contribution in [2.45, 2.75) is 6.32 Å². The zero-order valence-corrected chi connectivity index (χ0v) is 12.2. The van der Waals surface area contributed by atoms with Gasteiger partial charge in [-0.2, -0.15) is 0 Å². The standard InChI is InChI=1S/C9H9BF3N2.K/c1-15-8-5-3-2-4-7(8)14-9(15)6-10(11,12)13;/h2-5H,6H2,1H3;/q-1;+1. The van der Waals surface area contributed by atoms with E-state index in [0.717, 1.165) is 5.52 Å². The van der Waals surface area contributed by atoms with Crippen molar-refractivity contribution in [1.29, 1.82) is 0 Å². The van der Waals surface area contributed by atoms with Crippen LogP contribution < -0.4 is 51.4 Å². The van der Waals surface area contributed by atoms with Crippen molar-refractivity contribution < 1.29 is 64.3 Å². The van der Waals surface area contributed by atoms with Crippen LogP contribution in [0.25, 0.3) is 11.0 Å². The summed E-state index contributed by atoms with van der Waals surface area (Å²) < 4.78 is 38.3. The van der Waals surface area contributed by atoms with Crippen LogP contribution in [0.4, 0.5) is 12.9 Å². The molecule has 0 N–H and O–H groups in total. The number of hydrogen-bond acceptors (Lipinski definition) is 1. The van der Waals surface area contributed by atoms with Gasteiger partial charge in [0.05, 0.1) is 16.9 Å². The molecular formula is C9H9BF3KN2. The molecule has 0 saturated carbocycles. The Labute approximate surface area is 134 Å². The molecule has 0 atom stereocenters. The molecule has 1 aromatic heterocycles. The fourth-order valence-corrected chi connectivity index (χ4v) is 1.59. The van der Waals surface area contributed by atoms with Crippen molar-refractivity contribution >= 4 is 18.0 Å². The van der Waals surface area contributed by atoms with E-state index in [4.69, 9.17) is 0 Å². The molecule has 0 fully saturated rings. The van der Waals surface area contributed by atoms with Gasteiger partial charge in [-0.15, -0.1) is 0 Å². The average Bonchev–Trinajstić information content (AvgIpc) is 2.42. The normalized spacial score (nSPS) is 11.5. The van der Waals surface area contributed by atoms with Crippen LogP contribution in [0.3, 0.4) is 0 Å². The van der Waals surface area contributed by atoms with Crippen molar-refractivity contribution in [3.05, 3.63) is 30.1 Å². The Morgan fingerprint density at radius 2 is 1.88 bits per heavy atom. The largest absolute Gasteiger partial charge is 1.00 e. The first kappa shape index (κ1) is 14.2. The number of rotatable bonds is 2. The molecule has 0 aliphatic heterocycles. The van der Waals surface area contributed by atoms with E-state index < -0.39 is 13.3 Å². The predicted molar refractivity (Wildman–Crippen MR) is 53.5 cm³/mol. The smallest absolute Gasteiger partial charge is 0.449 e. The first-order valence-corrected chi connectivity index (χ1v) is 4.59. The molecule has 1 heterocycles. The van der Waals surface area contributed by atoms with Gasteiger partial charge in [0.25, 0.3) is 0 Å². The maximum atomic E-state index is 12.3. The second-order valence-corrected chi connectivity index (χ2v) is 3.49. The van der Waals surface area contributed by atoms with E-state index in [1.807, 2.05) is 0 Å². The van der Waals surface area contributed by atoms with E-state index in [1.165, 1.54) is 4.57 Å². The fraction of sp³-hybridized carbons (Fsp3) is 0.222. The van der Waals surface area contributed by atoms with Gasteiger partial charge in [-0.3, -0.25) is 0 Å². The average molecular weight is 252 g/mol. The Kier molecular flexibility index (Phi) is 4.65. The molecule has 0 aliphatic carbocycles. The molecule has 0 saturated heterocycles. The van der Waals surface area contributed by atoms with Crippen LogP contribution >= 0.6 is 0 Å². The molecule has 1 aromatic carbocycles. The van der Waals surface area contributed by atoms with E-state index in [9.17, 15) is 12.9 Å². The third-order valence-corrected chi connectivity index (χ3v) is 2.29. The Balaban J connectivity index is 0.00000128. The van der Waals surface area contributed by atoms with E-state index in [-0.39, 0.29) is 57.2 Å². The minimum Gasteiger partial charge on any atom is -0.449 e. The summed E-state index contributed by atoms with van der Waals surface area (Å²) in [5.41, 5.74) is 1.34. The SMILES string of the molecule is Cn1c(C[B-](F)(F)F)nc2ccccc21.[K+]. The monoisotopic (exact) mass is 252 g/mol. The maximum absolute atomic E-state index is 12.3. The molecule has 0 radical (unpaired) electrons. The van der Waals surface area contributed by atoms with Gasteiger partial charge >= 0.3 is 58.4 Å². The molecule has 80 valence electrons. The van der Waals surface area contributed by atoms with E-state index in [2.05, 4.69) is 4.98 Å². The molecule has 0 spiro atoms. The first-order valence-electron chi connectivity index (χ1n) is 4.59. The van der Waals surface area contributed by atoms with Gasteiger partial charge in [-0.1, -0.05) is 12.1 Å². The number of halogens is 3. The summed E-state index contributed by atoms with van der Waals surface area (Å²) in [6.07, 6.45) is -0.925. The van der Waals surface area contributed by atoms with E-state index in [1.54, 1.807) is 31.3 Å². The Bertz CT molecular complexity index is 495. The van der Waals surface area contributed by atoms with Crippen LogP contribution in [0.1, 0.15) is 5.82 Å². The summed E-state index contributed by atoms with van der Waals surface area (Å²) in [6.45, 7) is -4.83. The maximum Gasteiger partial charge on any atom is 1.00 e. The van der Waals surface area contributed by atoms with Crippen LogP contribution in [0, 0.1) is 0 Å². The number of nitrogens with zero attached hydrogens (tertiary/aromatic N) is 2. The number of fused-ring (bicyclic) bond motifs is 1. The van der Waals surface area contributed by atoms with Crippen LogP contribution in [0.5, 0.6) is 0 Å². The quantitative estimate of drug-likeness (QED) is 0.659. The fourth-order valence-electron chi connectivity index (χ4n) is 1.59. The van der Waals surface area contributed by atoms with Gasteiger partial charge in [-0.25, -0.2) is 4.98 Å². The number of imidazole rings is 1. The molecule has 16 heavy (non-hydrogen) atoms. The minimum absolute atomic E-state index is 0. The molecule has 2 nitrogen and oxygen atoms in total. The Morgan fingerprint density at radius 3 is 2.44 bits per heavy atom. The molecule has 2 rings (SSSR count). The van der Waals surface area contributed by atoms with Gasteiger partial charge in [0.15, 0.2) is 0 Å². The number of para-hydroxylation sites is 2. The minimum atomic E-state index is -4.83. The van der Waals surface area contributed by atoms with E-state index in [0.29, 0.717) is 5.52 Å². The Morgan fingerprint density at radius 1 is 1.25 bits per heavy atom. The molecule has 0 amide bonds. The number of aromatic nitrogens is 2. The zero-order chi connectivity index (χ0) is 11.1. The van der Waals surface area contributed by atoms with Crippen LogP contribution in [-0.2, 0) is 13.4 Å². The summed E-state index contributed by atoms with van der Waals surface area (Å²) >= 11 is 0. The molecule has 0 aliphatic rings. The summed E-state index contributed by atoms with van der Waals surface area (Å²) in [6, 6.07) is 7.02. The van der Waals surface area contributed by atoms with Gasteiger partial charge in [-0.05, 0) is 18.5 Å². The topological polar surface area (TPSA) is 17.8 Å². The van der Waals surface area contributed by atoms with Gasteiger partial charge in [0, 0.05) is 7.05 Å². The summed E-state index contributed by atoms with van der Waals surface area (Å²) in [7, 11) is 1.60. The van der Waals surface area contributed by atoms with Crippen LogP contribution in [-0.4, -0.2) is 16.5 Å². The molecule has 2 aromatic rings. The van der Waals surface area contributed by atoms with Crippen LogP contribution in [0.2, 0.25) is 0 Å². The molecule has 7 heteroatoms. The third-order valence-electron chi connectivity index (χ3n) is 2.29.